The van der Waals surface area contributed by atoms with E-state index in [0.29, 0.717) is 0 Å². The molecule has 1 amide bonds. The Morgan fingerprint density at radius 2 is 1.93 bits per heavy atom. The highest BCUT2D eigenvalue weighted by atomic mass is 16.1. The fourth-order valence-corrected chi connectivity index (χ4v) is 3.67. The normalized spacial score (nSPS) is 11.2. The van der Waals surface area contributed by atoms with E-state index in [9.17, 15) is 4.79 Å². The maximum atomic E-state index is 11.4. The molecule has 29 heavy (non-hydrogen) atoms. The molecular weight excluding hydrogens is 362 g/mol. The van der Waals surface area contributed by atoms with Crippen LogP contribution in [0.5, 0.6) is 0 Å². The number of aryl methyl sites for hydroxylation is 1. The number of H-pyrrole nitrogens is 1. The molecular formula is C23H19N5O. The molecule has 5 rings (SSSR count). The van der Waals surface area contributed by atoms with E-state index in [1.54, 1.807) is 0 Å². The van der Waals surface area contributed by atoms with Crippen LogP contribution in [-0.4, -0.2) is 25.4 Å². The summed E-state index contributed by atoms with van der Waals surface area (Å²) < 4.78 is 2.02. The predicted molar refractivity (Wildman–Crippen MR) is 116 cm³/mol. The molecule has 0 saturated heterocycles. The summed E-state index contributed by atoms with van der Waals surface area (Å²) in [6, 6.07) is 16.2. The minimum absolute atomic E-state index is 0.0887. The van der Waals surface area contributed by atoms with Gasteiger partial charge in [0.2, 0.25) is 5.91 Å². The number of hydrogen-bond acceptors (Lipinski definition) is 3. The molecule has 0 saturated carbocycles. The van der Waals surface area contributed by atoms with E-state index >= 15 is 0 Å². The van der Waals surface area contributed by atoms with Crippen LogP contribution in [0.25, 0.3) is 44.3 Å². The predicted octanol–water partition coefficient (Wildman–Crippen LogP) is 4.74. The minimum atomic E-state index is -0.0887. The molecule has 6 heteroatoms. The van der Waals surface area contributed by atoms with Crippen LogP contribution in [-0.2, 0) is 11.8 Å². The Bertz CT molecular complexity index is 1380. The number of nitrogens with one attached hydrogen (secondary N) is 2. The summed E-state index contributed by atoms with van der Waals surface area (Å²) in [5, 5.41) is 3.88. The van der Waals surface area contributed by atoms with Gasteiger partial charge in [0.15, 0.2) is 0 Å². The van der Waals surface area contributed by atoms with E-state index in [1.165, 1.54) is 6.92 Å². The second-order valence-electron chi connectivity index (χ2n) is 7.14. The Morgan fingerprint density at radius 3 is 2.79 bits per heavy atom. The largest absolute Gasteiger partial charge is 0.346 e. The minimum Gasteiger partial charge on any atom is -0.346 e. The second kappa shape index (κ2) is 6.60. The van der Waals surface area contributed by atoms with Crippen molar-refractivity contribution in [3.63, 3.8) is 0 Å². The van der Waals surface area contributed by atoms with E-state index in [0.717, 1.165) is 50.0 Å². The molecule has 0 aliphatic heterocycles. The molecule has 0 fully saturated rings. The lowest BCUT2D eigenvalue weighted by atomic mass is 10.0. The molecule has 2 aromatic carbocycles. The van der Waals surface area contributed by atoms with Crippen LogP contribution in [0.4, 0.5) is 5.69 Å². The molecule has 3 heterocycles. The lowest BCUT2D eigenvalue weighted by Gasteiger charge is -2.07. The zero-order valence-electron chi connectivity index (χ0n) is 16.1. The standard InChI is InChI=1S/C23H19N5O/c1-14(29)27-18-5-3-4-15(8-18)17-9-19-20(12-25-23(19)24-11-17)16-6-7-21-22(10-16)28(2)13-26-21/h3-13H,1-2H3,(H,24,25)(H,27,29). The number of rotatable bonds is 3. The smallest absolute Gasteiger partial charge is 0.221 e. The quantitative estimate of drug-likeness (QED) is 0.474. The molecule has 0 bridgehead atoms. The monoisotopic (exact) mass is 381 g/mol. The van der Waals surface area contributed by atoms with Crippen molar-refractivity contribution in [3.05, 3.63) is 67.3 Å². The van der Waals surface area contributed by atoms with Gasteiger partial charge in [-0.2, -0.15) is 0 Å². The zero-order chi connectivity index (χ0) is 20.0. The number of anilines is 1. The molecule has 0 unspecified atom stereocenters. The molecule has 5 aromatic rings. The first kappa shape index (κ1) is 17.2. The van der Waals surface area contributed by atoms with Gasteiger partial charge in [-0.25, -0.2) is 9.97 Å². The van der Waals surface area contributed by atoms with Gasteiger partial charge in [-0.1, -0.05) is 18.2 Å². The number of fused-ring (bicyclic) bond motifs is 2. The molecule has 0 radical (unpaired) electrons. The lowest BCUT2D eigenvalue weighted by Crippen LogP contribution is -2.05. The highest BCUT2D eigenvalue weighted by Gasteiger charge is 2.11. The molecule has 2 N–H and O–H groups in total. The van der Waals surface area contributed by atoms with Gasteiger partial charge in [0.25, 0.3) is 0 Å². The highest BCUT2D eigenvalue weighted by molar-refractivity contribution is 5.98. The summed E-state index contributed by atoms with van der Waals surface area (Å²) in [6.07, 6.45) is 5.66. The third-order valence-electron chi connectivity index (χ3n) is 5.08. The van der Waals surface area contributed by atoms with Gasteiger partial charge in [0.1, 0.15) is 5.65 Å². The van der Waals surface area contributed by atoms with Gasteiger partial charge < -0.3 is 14.9 Å². The van der Waals surface area contributed by atoms with Crippen LogP contribution >= 0.6 is 0 Å². The molecule has 142 valence electrons. The van der Waals surface area contributed by atoms with Crippen LogP contribution < -0.4 is 5.32 Å². The summed E-state index contributed by atoms with van der Waals surface area (Å²) >= 11 is 0. The van der Waals surface area contributed by atoms with Crippen LogP contribution in [0.15, 0.2) is 67.3 Å². The van der Waals surface area contributed by atoms with Crippen molar-refractivity contribution in [1.29, 1.82) is 0 Å². The van der Waals surface area contributed by atoms with Gasteiger partial charge in [0.05, 0.1) is 17.4 Å². The Labute approximate surface area is 167 Å². The summed E-state index contributed by atoms with van der Waals surface area (Å²) in [5.41, 5.74) is 7.87. The molecule has 0 atom stereocenters. The maximum Gasteiger partial charge on any atom is 0.221 e. The molecule has 0 spiro atoms. The van der Waals surface area contributed by atoms with Crippen LogP contribution in [0.2, 0.25) is 0 Å². The van der Waals surface area contributed by atoms with Crippen molar-refractivity contribution in [3.8, 4) is 22.3 Å². The molecule has 6 nitrogen and oxygen atoms in total. The van der Waals surface area contributed by atoms with Gasteiger partial charge in [0, 0.05) is 48.6 Å². The van der Waals surface area contributed by atoms with Crippen molar-refractivity contribution in [1.82, 2.24) is 19.5 Å². The number of amides is 1. The van der Waals surface area contributed by atoms with Gasteiger partial charge in [-0.3, -0.25) is 4.79 Å². The SMILES string of the molecule is CC(=O)Nc1cccc(-c2cnc3[nH]cc(-c4ccc5ncn(C)c5c4)c3c2)c1. The molecule has 0 aliphatic rings. The average molecular weight is 381 g/mol. The van der Waals surface area contributed by atoms with Gasteiger partial charge >= 0.3 is 0 Å². The van der Waals surface area contributed by atoms with Crippen LogP contribution in [0.1, 0.15) is 6.92 Å². The maximum absolute atomic E-state index is 11.4. The number of hydrogen-bond donors (Lipinski definition) is 2. The molecule has 3 aromatic heterocycles. The first-order chi connectivity index (χ1) is 14.1. The first-order valence-electron chi connectivity index (χ1n) is 9.35. The zero-order valence-corrected chi connectivity index (χ0v) is 16.1. The Balaban J connectivity index is 1.62. The van der Waals surface area contributed by atoms with Crippen molar-refractivity contribution >= 4 is 33.7 Å². The third-order valence-corrected chi connectivity index (χ3v) is 5.08. The van der Waals surface area contributed by atoms with E-state index < -0.39 is 0 Å². The van der Waals surface area contributed by atoms with E-state index in [4.69, 9.17) is 0 Å². The number of aromatic nitrogens is 4. The number of carbonyl (C=O) groups excluding carboxylic acids is 1. The fourth-order valence-electron chi connectivity index (χ4n) is 3.67. The number of carbonyl (C=O) groups is 1. The topological polar surface area (TPSA) is 75.6 Å². The third kappa shape index (κ3) is 3.04. The average Bonchev–Trinajstić information content (AvgIpc) is 3.30. The van der Waals surface area contributed by atoms with Crippen LogP contribution in [0.3, 0.4) is 0 Å². The number of aromatic amines is 1. The van der Waals surface area contributed by atoms with Gasteiger partial charge in [-0.05, 0) is 41.5 Å². The Morgan fingerprint density at radius 1 is 1.03 bits per heavy atom. The van der Waals surface area contributed by atoms with E-state index in [2.05, 4.69) is 38.5 Å². The summed E-state index contributed by atoms with van der Waals surface area (Å²) in [7, 11) is 2.00. The van der Waals surface area contributed by atoms with Crippen molar-refractivity contribution < 1.29 is 4.79 Å². The molecule has 0 aliphatic carbocycles. The van der Waals surface area contributed by atoms with E-state index in [1.807, 2.05) is 60.7 Å². The highest BCUT2D eigenvalue weighted by Crippen LogP contribution is 2.33. The number of benzene rings is 2. The summed E-state index contributed by atoms with van der Waals surface area (Å²) in [5.74, 6) is -0.0887. The summed E-state index contributed by atoms with van der Waals surface area (Å²) in [4.78, 5) is 23.6. The second-order valence-corrected chi connectivity index (χ2v) is 7.14. The van der Waals surface area contributed by atoms with E-state index in [-0.39, 0.29) is 5.91 Å². The van der Waals surface area contributed by atoms with Crippen LogP contribution in [0, 0.1) is 0 Å². The van der Waals surface area contributed by atoms with Crippen molar-refractivity contribution in [2.75, 3.05) is 5.32 Å². The Kier molecular flexibility index (Phi) is 3.91. The van der Waals surface area contributed by atoms with Crippen molar-refractivity contribution in [2.24, 2.45) is 7.05 Å². The number of imidazole rings is 1. The number of pyridine rings is 1. The number of nitrogens with zero attached hydrogens (tertiary/aromatic N) is 3. The first-order valence-corrected chi connectivity index (χ1v) is 9.35. The fraction of sp³-hybridized carbons (Fsp3) is 0.0870. The summed E-state index contributed by atoms with van der Waals surface area (Å²) in [6.45, 7) is 1.51. The Hall–Kier alpha value is -3.93. The van der Waals surface area contributed by atoms with Crippen molar-refractivity contribution in [2.45, 2.75) is 6.92 Å². The lowest BCUT2D eigenvalue weighted by molar-refractivity contribution is -0.114. The van der Waals surface area contributed by atoms with Gasteiger partial charge in [-0.15, -0.1) is 0 Å².